The lowest BCUT2D eigenvalue weighted by atomic mass is 10.0. The van der Waals surface area contributed by atoms with Crippen molar-refractivity contribution in [1.82, 2.24) is 14.6 Å². The normalized spacial score (nSPS) is 14.8. The van der Waals surface area contributed by atoms with Crippen molar-refractivity contribution in [3.63, 3.8) is 0 Å². The van der Waals surface area contributed by atoms with Crippen LogP contribution in [0.3, 0.4) is 0 Å². The number of nitrogens with one attached hydrogen (secondary N) is 1. The summed E-state index contributed by atoms with van der Waals surface area (Å²) >= 11 is 0. The van der Waals surface area contributed by atoms with E-state index in [1.54, 1.807) is 6.20 Å². The van der Waals surface area contributed by atoms with Crippen LogP contribution < -0.4 is 11.1 Å². The molecule has 2 aromatic rings. The van der Waals surface area contributed by atoms with Gasteiger partial charge in [0.1, 0.15) is 5.52 Å². The molecule has 3 N–H and O–H groups in total. The molecule has 0 aliphatic rings. The van der Waals surface area contributed by atoms with Crippen molar-refractivity contribution >= 4 is 11.3 Å². The number of anilines is 1. The van der Waals surface area contributed by atoms with Gasteiger partial charge in [-0.15, -0.1) is 0 Å². The van der Waals surface area contributed by atoms with Gasteiger partial charge in [0, 0.05) is 18.4 Å². The molecule has 2 atom stereocenters. The van der Waals surface area contributed by atoms with Gasteiger partial charge in [-0.2, -0.15) is 5.10 Å². The van der Waals surface area contributed by atoms with Crippen LogP contribution in [0.15, 0.2) is 18.5 Å². The maximum Gasteiger partial charge on any atom is 0.152 e. The van der Waals surface area contributed by atoms with Crippen molar-refractivity contribution in [3.05, 3.63) is 24.2 Å². The highest BCUT2D eigenvalue weighted by Gasteiger charge is 2.13. The SMILES string of the molecule is Cc1cc2c(NC(C)C(C)CN)nccn2n1. The Morgan fingerprint density at radius 2 is 2.24 bits per heavy atom. The van der Waals surface area contributed by atoms with Crippen molar-refractivity contribution in [2.45, 2.75) is 26.8 Å². The van der Waals surface area contributed by atoms with E-state index in [0.717, 1.165) is 17.0 Å². The summed E-state index contributed by atoms with van der Waals surface area (Å²) in [5, 5.41) is 7.76. The third-order valence-corrected chi connectivity index (χ3v) is 3.10. The van der Waals surface area contributed by atoms with E-state index in [0.29, 0.717) is 12.5 Å². The van der Waals surface area contributed by atoms with Crippen LogP contribution in [0, 0.1) is 12.8 Å². The molecule has 0 saturated carbocycles. The van der Waals surface area contributed by atoms with Crippen molar-refractivity contribution in [2.75, 3.05) is 11.9 Å². The van der Waals surface area contributed by atoms with Gasteiger partial charge in [0.15, 0.2) is 5.82 Å². The van der Waals surface area contributed by atoms with E-state index in [4.69, 9.17) is 5.73 Å². The zero-order valence-electron chi connectivity index (χ0n) is 10.5. The van der Waals surface area contributed by atoms with Crippen LogP contribution in [-0.2, 0) is 0 Å². The lowest BCUT2D eigenvalue weighted by Gasteiger charge is -2.20. The molecule has 0 aromatic carbocycles. The Morgan fingerprint density at radius 3 is 2.94 bits per heavy atom. The predicted molar refractivity (Wildman–Crippen MR) is 69.0 cm³/mol. The first-order valence-electron chi connectivity index (χ1n) is 5.89. The molecule has 5 nitrogen and oxygen atoms in total. The Hall–Kier alpha value is -1.62. The summed E-state index contributed by atoms with van der Waals surface area (Å²) in [4.78, 5) is 4.36. The highest BCUT2D eigenvalue weighted by Crippen LogP contribution is 2.17. The van der Waals surface area contributed by atoms with E-state index in [1.165, 1.54) is 0 Å². The van der Waals surface area contributed by atoms with Gasteiger partial charge in [-0.3, -0.25) is 0 Å². The van der Waals surface area contributed by atoms with Gasteiger partial charge in [-0.05, 0) is 32.4 Å². The fourth-order valence-corrected chi connectivity index (χ4v) is 1.72. The summed E-state index contributed by atoms with van der Waals surface area (Å²) in [6.45, 7) is 6.88. The minimum Gasteiger partial charge on any atom is -0.366 e. The molecule has 5 heteroatoms. The zero-order valence-corrected chi connectivity index (χ0v) is 10.5. The Morgan fingerprint density at radius 1 is 1.47 bits per heavy atom. The van der Waals surface area contributed by atoms with Crippen molar-refractivity contribution in [3.8, 4) is 0 Å². The number of hydrogen-bond acceptors (Lipinski definition) is 4. The second kappa shape index (κ2) is 4.71. The van der Waals surface area contributed by atoms with Gasteiger partial charge in [-0.25, -0.2) is 9.50 Å². The van der Waals surface area contributed by atoms with Crippen LogP contribution in [0.2, 0.25) is 0 Å². The lowest BCUT2D eigenvalue weighted by molar-refractivity contribution is 0.520. The van der Waals surface area contributed by atoms with Gasteiger partial charge in [0.05, 0.1) is 5.69 Å². The highest BCUT2D eigenvalue weighted by atomic mass is 15.2. The molecular weight excluding hydrogens is 214 g/mol. The van der Waals surface area contributed by atoms with Gasteiger partial charge >= 0.3 is 0 Å². The van der Waals surface area contributed by atoms with E-state index in [1.807, 2.05) is 23.7 Å². The van der Waals surface area contributed by atoms with Gasteiger partial charge in [0.25, 0.3) is 0 Å². The summed E-state index contributed by atoms with van der Waals surface area (Å²) in [7, 11) is 0. The Balaban J connectivity index is 2.29. The number of rotatable bonds is 4. The third kappa shape index (κ3) is 2.39. The summed E-state index contributed by atoms with van der Waals surface area (Å²) < 4.78 is 1.84. The molecule has 0 aliphatic carbocycles. The summed E-state index contributed by atoms with van der Waals surface area (Å²) in [5.74, 6) is 1.27. The molecule has 0 spiro atoms. The first-order chi connectivity index (χ1) is 8.11. The zero-order chi connectivity index (χ0) is 12.4. The molecule has 0 radical (unpaired) electrons. The molecule has 2 aromatic heterocycles. The van der Waals surface area contributed by atoms with Gasteiger partial charge in [-0.1, -0.05) is 6.92 Å². The molecule has 2 rings (SSSR count). The number of fused-ring (bicyclic) bond motifs is 1. The molecule has 92 valence electrons. The van der Waals surface area contributed by atoms with Gasteiger partial charge in [0.2, 0.25) is 0 Å². The lowest BCUT2D eigenvalue weighted by Crippen LogP contribution is -2.29. The average molecular weight is 233 g/mol. The molecule has 0 aliphatic heterocycles. The van der Waals surface area contributed by atoms with Crippen LogP contribution in [0.1, 0.15) is 19.5 Å². The molecule has 0 amide bonds. The second-order valence-corrected chi connectivity index (χ2v) is 4.54. The molecule has 0 fully saturated rings. The number of aromatic nitrogens is 3. The number of hydrogen-bond donors (Lipinski definition) is 2. The molecule has 17 heavy (non-hydrogen) atoms. The van der Waals surface area contributed by atoms with Gasteiger partial charge < -0.3 is 11.1 Å². The molecule has 0 bridgehead atoms. The molecular formula is C12H19N5. The highest BCUT2D eigenvalue weighted by molar-refractivity contribution is 5.67. The fourth-order valence-electron chi connectivity index (χ4n) is 1.72. The first kappa shape index (κ1) is 11.9. The smallest absolute Gasteiger partial charge is 0.152 e. The number of nitrogens with zero attached hydrogens (tertiary/aromatic N) is 3. The minimum absolute atomic E-state index is 0.286. The van der Waals surface area contributed by atoms with Crippen molar-refractivity contribution in [2.24, 2.45) is 11.7 Å². The summed E-state index contributed by atoms with van der Waals surface area (Å²) in [6.07, 6.45) is 3.60. The van der Waals surface area contributed by atoms with E-state index in [2.05, 4.69) is 29.2 Å². The largest absolute Gasteiger partial charge is 0.366 e. The maximum atomic E-state index is 5.67. The number of nitrogens with two attached hydrogens (primary N) is 1. The van der Waals surface area contributed by atoms with Crippen molar-refractivity contribution in [1.29, 1.82) is 0 Å². The standard InChI is InChI=1S/C12H19N5/c1-8(7-13)10(3)15-12-11-6-9(2)16-17(11)5-4-14-12/h4-6,8,10H,7,13H2,1-3H3,(H,14,15). The van der Waals surface area contributed by atoms with Crippen LogP contribution in [0.5, 0.6) is 0 Å². The Kier molecular flexibility index (Phi) is 3.28. The topological polar surface area (TPSA) is 68.2 Å². The molecule has 0 saturated heterocycles. The summed E-state index contributed by atoms with van der Waals surface area (Å²) in [5.41, 5.74) is 7.65. The quantitative estimate of drug-likeness (QED) is 0.838. The van der Waals surface area contributed by atoms with Crippen LogP contribution in [0.4, 0.5) is 5.82 Å². The van der Waals surface area contributed by atoms with E-state index in [-0.39, 0.29) is 6.04 Å². The molecule has 2 unspecified atom stereocenters. The number of aryl methyl sites for hydroxylation is 1. The summed E-state index contributed by atoms with van der Waals surface area (Å²) in [6, 6.07) is 2.31. The van der Waals surface area contributed by atoms with Crippen LogP contribution >= 0.6 is 0 Å². The van der Waals surface area contributed by atoms with Crippen LogP contribution in [0.25, 0.3) is 5.52 Å². The van der Waals surface area contributed by atoms with E-state index in [9.17, 15) is 0 Å². The predicted octanol–water partition coefficient (Wildman–Crippen LogP) is 1.43. The third-order valence-electron chi connectivity index (χ3n) is 3.10. The first-order valence-corrected chi connectivity index (χ1v) is 5.89. The Labute approximate surface area is 101 Å². The van der Waals surface area contributed by atoms with Crippen LogP contribution in [-0.4, -0.2) is 27.2 Å². The van der Waals surface area contributed by atoms with Crippen molar-refractivity contribution < 1.29 is 0 Å². The Bertz CT molecular complexity index is 505. The minimum atomic E-state index is 0.286. The van der Waals surface area contributed by atoms with E-state index < -0.39 is 0 Å². The van der Waals surface area contributed by atoms with E-state index >= 15 is 0 Å². The molecule has 2 heterocycles. The maximum absolute atomic E-state index is 5.67. The second-order valence-electron chi connectivity index (χ2n) is 4.54. The fraction of sp³-hybridized carbons (Fsp3) is 0.500. The average Bonchev–Trinajstić information content (AvgIpc) is 2.69. The monoisotopic (exact) mass is 233 g/mol.